The number of Topliss-reactive ketones (excluding diaryl/α,β-unsaturated/α-hetero) is 1. The number of carbonyl (C=O) groups is 2. The molecule has 0 radical (unpaired) electrons. The second kappa shape index (κ2) is 4.53. The summed E-state index contributed by atoms with van der Waals surface area (Å²) in [5.74, 6) is 0.188. The van der Waals surface area contributed by atoms with E-state index in [4.69, 9.17) is 4.74 Å². The maximum Gasteiger partial charge on any atom is 0.307 e. The molecular weight excluding hydrogens is 216 g/mol. The van der Waals surface area contributed by atoms with Gasteiger partial charge in [-0.1, -0.05) is 24.3 Å². The summed E-state index contributed by atoms with van der Waals surface area (Å²) in [7, 11) is 0. The number of aryl methyl sites for hydroxylation is 1. The van der Waals surface area contributed by atoms with Gasteiger partial charge in [-0.3, -0.25) is 9.59 Å². The highest BCUT2D eigenvalue weighted by molar-refractivity contribution is 6.23. The zero-order valence-corrected chi connectivity index (χ0v) is 9.95. The van der Waals surface area contributed by atoms with Gasteiger partial charge in [0.05, 0.1) is 5.57 Å². The van der Waals surface area contributed by atoms with Gasteiger partial charge in [-0.2, -0.15) is 0 Å². The van der Waals surface area contributed by atoms with E-state index in [0.29, 0.717) is 24.2 Å². The third-order valence-electron chi connectivity index (χ3n) is 2.82. The van der Waals surface area contributed by atoms with E-state index in [9.17, 15) is 9.59 Å². The van der Waals surface area contributed by atoms with Crippen molar-refractivity contribution in [3.05, 3.63) is 41.2 Å². The summed E-state index contributed by atoms with van der Waals surface area (Å²) in [6.07, 6.45) is 0.939. The average molecular weight is 230 g/mol. The maximum atomic E-state index is 11.9. The molecule has 17 heavy (non-hydrogen) atoms. The van der Waals surface area contributed by atoms with E-state index in [0.717, 1.165) is 11.1 Å². The van der Waals surface area contributed by atoms with Gasteiger partial charge in [-0.05, 0) is 18.1 Å². The second-order valence-electron chi connectivity index (χ2n) is 4.13. The highest BCUT2D eigenvalue weighted by atomic mass is 16.5. The normalized spacial score (nSPS) is 15.3. The maximum absolute atomic E-state index is 11.9. The number of ether oxygens (including phenoxy) is 1. The minimum atomic E-state index is -0.374. The first-order chi connectivity index (χ1) is 8.09. The molecule has 88 valence electrons. The molecule has 0 saturated carbocycles. The fraction of sp³-hybridized carbons (Fsp3) is 0.286. The summed E-state index contributed by atoms with van der Waals surface area (Å²) in [6.45, 7) is 3.30. The summed E-state index contributed by atoms with van der Waals surface area (Å²) in [4.78, 5) is 22.9. The van der Waals surface area contributed by atoms with Crippen molar-refractivity contribution in [1.82, 2.24) is 0 Å². The van der Waals surface area contributed by atoms with E-state index in [1.165, 1.54) is 6.92 Å². The summed E-state index contributed by atoms with van der Waals surface area (Å²) in [5.41, 5.74) is 2.45. The van der Waals surface area contributed by atoms with Crippen LogP contribution in [-0.4, -0.2) is 11.8 Å². The molecule has 0 amide bonds. The van der Waals surface area contributed by atoms with Crippen LogP contribution in [0.25, 0.3) is 5.57 Å². The lowest BCUT2D eigenvalue weighted by Gasteiger charge is -2.08. The number of allylic oxidation sites excluding steroid dienone is 2. The Balaban J connectivity index is 2.49. The first-order valence-electron chi connectivity index (χ1n) is 5.60. The second-order valence-corrected chi connectivity index (χ2v) is 4.13. The Bertz CT molecular complexity index is 512. The number of hydrogen-bond donors (Lipinski definition) is 0. The number of rotatable bonds is 2. The molecule has 0 spiro atoms. The minimum Gasteiger partial charge on any atom is -0.430 e. The van der Waals surface area contributed by atoms with Gasteiger partial charge in [0, 0.05) is 19.8 Å². The molecule has 3 nitrogen and oxygen atoms in total. The summed E-state index contributed by atoms with van der Waals surface area (Å²) in [5, 5.41) is 0. The lowest BCUT2D eigenvalue weighted by atomic mass is 9.99. The van der Waals surface area contributed by atoms with E-state index in [-0.39, 0.29) is 11.8 Å². The predicted molar refractivity (Wildman–Crippen MR) is 64.1 cm³/mol. The number of esters is 1. The molecule has 1 aliphatic rings. The number of carbonyl (C=O) groups excluding carboxylic acids is 2. The number of benzene rings is 1. The molecule has 0 aromatic heterocycles. The van der Waals surface area contributed by atoms with Crippen LogP contribution in [-0.2, 0) is 14.3 Å². The Morgan fingerprint density at radius 2 is 1.94 bits per heavy atom. The molecule has 0 N–H and O–H groups in total. The molecule has 1 aromatic rings. The van der Waals surface area contributed by atoms with Crippen LogP contribution in [0, 0.1) is 6.92 Å². The van der Waals surface area contributed by atoms with E-state index >= 15 is 0 Å². The molecule has 0 heterocycles. The molecule has 2 rings (SSSR count). The van der Waals surface area contributed by atoms with Gasteiger partial charge in [0.25, 0.3) is 0 Å². The molecule has 0 saturated heterocycles. The van der Waals surface area contributed by atoms with Gasteiger partial charge in [0.15, 0.2) is 5.78 Å². The molecule has 1 aliphatic carbocycles. The van der Waals surface area contributed by atoms with Crippen molar-refractivity contribution in [2.75, 3.05) is 0 Å². The first-order valence-corrected chi connectivity index (χ1v) is 5.60. The Morgan fingerprint density at radius 1 is 1.24 bits per heavy atom. The third kappa shape index (κ3) is 2.28. The first kappa shape index (κ1) is 11.6. The summed E-state index contributed by atoms with van der Waals surface area (Å²) in [6, 6.07) is 7.63. The molecule has 0 fully saturated rings. The third-order valence-corrected chi connectivity index (χ3v) is 2.82. The summed E-state index contributed by atoms with van der Waals surface area (Å²) < 4.78 is 5.12. The van der Waals surface area contributed by atoms with Crippen molar-refractivity contribution in [3.63, 3.8) is 0 Å². The van der Waals surface area contributed by atoms with Crippen LogP contribution in [0.1, 0.15) is 30.9 Å². The van der Waals surface area contributed by atoms with Gasteiger partial charge in [-0.15, -0.1) is 0 Å². The van der Waals surface area contributed by atoms with Crippen LogP contribution in [0.5, 0.6) is 0 Å². The van der Waals surface area contributed by atoms with E-state index in [1.54, 1.807) is 0 Å². The van der Waals surface area contributed by atoms with Crippen LogP contribution < -0.4 is 0 Å². The molecule has 0 unspecified atom stereocenters. The molecular formula is C14H14O3. The van der Waals surface area contributed by atoms with E-state index in [1.807, 2.05) is 31.2 Å². The van der Waals surface area contributed by atoms with Gasteiger partial charge in [0.1, 0.15) is 5.76 Å². The van der Waals surface area contributed by atoms with Crippen LogP contribution in [0.2, 0.25) is 0 Å². The van der Waals surface area contributed by atoms with Crippen LogP contribution >= 0.6 is 0 Å². The quantitative estimate of drug-likeness (QED) is 0.733. The molecule has 3 heteroatoms. The lowest BCUT2D eigenvalue weighted by molar-refractivity contribution is -0.136. The standard InChI is InChI=1S/C14H14O3/c1-9-5-3-4-6-11(9)14-12(16)7-8-13(14)17-10(2)15/h3-6H,7-8H2,1-2H3. The molecule has 0 aliphatic heterocycles. The minimum absolute atomic E-state index is 0.0514. The highest BCUT2D eigenvalue weighted by Gasteiger charge is 2.27. The van der Waals surface area contributed by atoms with Gasteiger partial charge in [0.2, 0.25) is 0 Å². The zero-order chi connectivity index (χ0) is 12.4. The average Bonchev–Trinajstić information content (AvgIpc) is 2.60. The van der Waals surface area contributed by atoms with Gasteiger partial charge >= 0.3 is 5.97 Å². The molecule has 0 atom stereocenters. The zero-order valence-electron chi connectivity index (χ0n) is 9.95. The summed E-state index contributed by atoms with van der Waals surface area (Å²) >= 11 is 0. The van der Waals surface area contributed by atoms with Crippen molar-refractivity contribution in [1.29, 1.82) is 0 Å². The Kier molecular flexibility index (Phi) is 3.09. The Labute approximate surface area is 100 Å². The lowest BCUT2D eigenvalue weighted by Crippen LogP contribution is -2.02. The largest absolute Gasteiger partial charge is 0.430 e. The number of hydrogen-bond acceptors (Lipinski definition) is 3. The molecule has 1 aromatic carbocycles. The topological polar surface area (TPSA) is 43.4 Å². The monoisotopic (exact) mass is 230 g/mol. The smallest absolute Gasteiger partial charge is 0.307 e. The highest BCUT2D eigenvalue weighted by Crippen LogP contribution is 2.33. The van der Waals surface area contributed by atoms with Crippen molar-refractivity contribution in [3.8, 4) is 0 Å². The fourth-order valence-electron chi connectivity index (χ4n) is 2.06. The molecule has 0 bridgehead atoms. The number of ketones is 1. The van der Waals surface area contributed by atoms with Gasteiger partial charge < -0.3 is 4.74 Å². The van der Waals surface area contributed by atoms with Gasteiger partial charge in [-0.25, -0.2) is 0 Å². The van der Waals surface area contributed by atoms with Crippen molar-refractivity contribution in [2.24, 2.45) is 0 Å². The van der Waals surface area contributed by atoms with Crippen LogP contribution in [0.4, 0.5) is 0 Å². The van der Waals surface area contributed by atoms with E-state index < -0.39 is 0 Å². The van der Waals surface area contributed by atoms with Crippen LogP contribution in [0.3, 0.4) is 0 Å². The predicted octanol–water partition coefficient (Wildman–Crippen LogP) is 2.63. The Hall–Kier alpha value is -1.90. The van der Waals surface area contributed by atoms with E-state index in [2.05, 4.69) is 0 Å². The van der Waals surface area contributed by atoms with Crippen molar-refractivity contribution in [2.45, 2.75) is 26.7 Å². The Morgan fingerprint density at radius 3 is 2.59 bits per heavy atom. The SMILES string of the molecule is CC(=O)OC1=C(c2ccccc2C)C(=O)CC1. The fourth-order valence-corrected chi connectivity index (χ4v) is 2.06. The van der Waals surface area contributed by atoms with Crippen molar-refractivity contribution < 1.29 is 14.3 Å². The van der Waals surface area contributed by atoms with Crippen LogP contribution in [0.15, 0.2) is 30.0 Å². The van der Waals surface area contributed by atoms with Crippen molar-refractivity contribution >= 4 is 17.3 Å².